The van der Waals surface area contributed by atoms with Gasteiger partial charge < -0.3 is 16.2 Å². The van der Waals surface area contributed by atoms with Crippen molar-refractivity contribution in [1.29, 1.82) is 0 Å². The molecule has 4 N–H and O–H groups in total. The van der Waals surface area contributed by atoms with Crippen LogP contribution in [0.5, 0.6) is 0 Å². The first-order valence-electron chi connectivity index (χ1n) is 4.45. The van der Waals surface area contributed by atoms with Gasteiger partial charge in [0, 0.05) is 24.5 Å². The Kier molecular flexibility index (Phi) is 3.58. The molecule has 0 heterocycles. The van der Waals surface area contributed by atoms with Crippen LogP contribution in [0.25, 0.3) is 0 Å². The van der Waals surface area contributed by atoms with Gasteiger partial charge in [-0.25, -0.2) is 0 Å². The van der Waals surface area contributed by atoms with E-state index in [-0.39, 0.29) is 6.61 Å². The molecule has 0 aliphatic heterocycles. The molecule has 0 spiro atoms. The molecule has 0 radical (unpaired) electrons. The highest BCUT2D eigenvalue weighted by molar-refractivity contribution is 5.57. The van der Waals surface area contributed by atoms with Crippen molar-refractivity contribution in [3.05, 3.63) is 23.8 Å². The van der Waals surface area contributed by atoms with E-state index in [0.29, 0.717) is 0 Å². The molecule has 0 aliphatic carbocycles. The SMILES string of the molecule is Cc1cc(N)ccc1NCCCO. The lowest BCUT2D eigenvalue weighted by atomic mass is 10.2. The largest absolute Gasteiger partial charge is 0.399 e. The van der Waals surface area contributed by atoms with E-state index in [0.717, 1.165) is 29.9 Å². The fourth-order valence-electron chi connectivity index (χ4n) is 1.19. The summed E-state index contributed by atoms with van der Waals surface area (Å²) in [6.07, 6.45) is 0.768. The number of rotatable bonds is 4. The first-order valence-corrected chi connectivity index (χ1v) is 4.45. The Balaban J connectivity index is 2.56. The third-order valence-corrected chi connectivity index (χ3v) is 1.90. The average Bonchev–Trinajstić information content (AvgIpc) is 2.09. The maximum Gasteiger partial charge on any atom is 0.0447 e. The molecule has 0 unspecified atom stereocenters. The molecule has 0 saturated carbocycles. The number of nitrogens with one attached hydrogen (secondary N) is 1. The van der Waals surface area contributed by atoms with Crippen molar-refractivity contribution in [1.82, 2.24) is 0 Å². The van der Waals surface area contributed by atoms with Crippen LogP contribution >= 0.6 is 0 Å². The van der Waals surface area contributed by atoms with Crippen molar-refractivity contribution in [2.24, 2.45) is 0 Å². The number of aliphatic hydroxyl groups excluding tert-OH is 1. The summed E-state index contributed by atoms with van der Waals surface area (Å²) in [5.41, 5.74) is 8.62. The summed E-state index contributed by atoms with van der Waals surface area (Å²) in [6, 6.07) is 5.76. The fraction of sp³-hybridized carbons (Fsp3) is 0.400. The van der Waals surface area contributed by atoms with E-state index in [1.807, 2.05) is 25.1 Å². The minimum absolute atomic E-state index is 0.223. The van der Waals surface area contributed by atoms with Crippen LogP contribution in [0, 0.1) is 6.92 Å². The molecule has 0 bridgehead atoms. The standard InChI is InChI=1S/C10H16N2O/c1-8-7-9(11)3-4-10(8)12-5-2-6-13/h3-4,7,12-13H,2,5-6,11H2,1H3. The number of nitrogen functional groups attached to an aromatic ring is 1. The predicted octanol–water partition coefficient (Wildman–Crippen LogP) is 1.37. The smallest absolute Gasteiger partial charge is 0.0447 e. The topological polar surface area (TPSA) is 58.3 Å². The first-order chi connectivity index (χ1) is 6.24. The third-order valence-electron chi connectivity index (χ3n) is 1.90. The van der Waals surface area contributed by atoms with Crippen LogP contribution in [0.2, 0.25) is 0 Å². The summed E-state index contributed by atoms with van der Waals surface area (Å²) in [7, 11) is 0. The Morgan fingerprint density at radius 1 is 1.46 bits per heavy atom. The van der Waals surface area contributed by atoms with Gasteiger partial charge in [-0.2, -0.15) is 0 Å². The van der Waals surface area contributed by atoms with Crippen LogP contribution in [0.15, 0.2) is 18.2 Å². The molecule has 1 aromatic rings. The third kappa shape index (κ3) is 2.95. The van der Waals surface area contributed by atoms with Gasteiger partial charge in [-0.3, -0.25) is 0 Å². The van der Waals surface area contributed by atoms with Crippen molar-refractivity contribution in [3.63, 3.8) is 0 Å². The zero-order valence-corrected chi connectivity index (χ0v) is 7.88. The Labute approximate surface area is 78.6 Å². The van der Waals surface area contributed by atoms with Crippen LogP contribution in [0.4, 0.5) is 11.4 Å². The lowest BCUT2D eigenvalue weighted by Crippen LogP contribution is -2.04. The number of benzene rings is 1. The number of hydrogen-bond donors (Lipinski definition) is 3. The highest BCUT2D eigenvalue weighted by atomic mass is 16.3. The zero-order valence-electron chi connectivity index (χ0n) is 7.88. The maximum atomic E-state index is 8.60. The molecule has 0 aliphatic rings. The molecule has 0 amide bonds. The maximum absolute atomic E-state index is 8.60. The number of aryl methyl sites for hydroxylation is 1. The lowest BCUT2D eigenvalue weighted by Gasteiger charge is -2.08. The van der Waals surface area contributed by atoms with Gasteiger partial charge in [0.2, 0.25) is 0 Å². The second-order valence-electron chi connectivity index (χ2n) is 3.08. The van der Waals surface area contributed by atoms with E-state index in [2.05, 4.69) is 5.32 Å². The highest BCUT2D eigenvalue weighted by Crippen LogP contribution is 2.17. The molecule has 13 heavy (non-hydrogen) atoms. The number of nitrogens with two attached hydrogens (primary N) is 1. The van der Waals surface area contributed by atoms with Gasteiger partial charge in [-0.1, -0.05) is 0 Å². The molecule has 1 rings (SSSR count). The zero-order chi connectivity index (χ0) is 9.68. The summed E-state index contributed by atoms with van der Waals surface area (Å²) < 4.78 is 0. The van der Waals surface area contributed by atoms with Crippen molar-refractivity contribution >= 4 is 11.4 Å². The first kappa shape index (κ1) is 9.86. The van der Waals surface area contributed by atoms with Gasteiger partial charge in [0.05, 0.1) is 0 Å². The Morgan fingerprint density at radius 3 is 2.85 bits per heavy atom. The molecule has 0 fully saturated rings. The molecule has 3 nitrogen and oxygen atoms in total. The minimum atomic E-state index is 0.223. The quantitative estimate of drug-likeness (QED) is 0.484. The van der Waals surface area contributed by atoms with E-state index >= 15 is 0 Å². The number of aliphatic hydroxyl groups is 1. The molecular weight excluding hydrogens is 164 g/mol. The van der Waals surface area contributed by atoms with E-state index in [4.69, 9.17) is 10.8 Å². The summed E-state index contributed by atoms with van der Waals surface area (Å²) in [4.78, 5) is 0. The highest BCUT2D eigenvalue weighted by Gasteiger charge is 1.96. The van der Waals surface area contributed by atoms with Gasteiger partial charge in [0.1, 0.15) is 0 Å². The molecule has 0 aromatic heterocycles. The predicted molar refractivity (Wildman–Crippen MR) is 55.8 cm³/mol. The molecular formula is C10H16N2O. The number of anilines is 2. The van der Waals surface area contributed by atoms with Gasteiger partial charge in [0.25, 0.3) is 0 Å². The molecule has 0 atom stereocenters. The second kappa shape index (κ2) is 4.72. The molecule has 0 saturated heterocycles. The van der Waals surface area contributed by atoms with Crippen LogP contribution in [0.1, 0.15) is 12.0 Å². The minimum Gasteiger partial charge on any atom is -0.399 e. The molecule has 1 aromatic carbocycles. The lowest BCUT2D eigenvalue weighted by molar-refractivity contribution is 0.292. The summed E-state index contributed by atoms with van der Waals surface area (Å²) in [6.45, 7) is 3.03. The second-order valence-corrected chi connectivity index (χ2v) is 3.08. The van der Waals surface area contributed by atoms with Gasteiger partial charge in [-0.05, 0) is 37.1 Å². The van der Waals surface area contributed by atoms with E-state index < -0.39 is 0 Å². The Hall–Kier alpha value is -1.22. The van der Waals surface area contributed by atoms with Gasteiger partial charge in [0.15, 0.2) is 0 Å². The molecule has 72 valence electrons. The fourth-order valence-corrected chi connectivity index (χ4v) is 1.19. The van der Waals surface area contributed by atoms with Crippen LogP contribution in [0.3, 0.4) is 0 Å². The summed E-state index contributed by atoms with van der Waals surface area (Å²) >= 11 is 0. The van der Waals surface area contributed by atoms with Gasteiger partial charge >= 0.3 is 0 Å². The average molecular weight is 180 g/mol. The number of hydrogen-bond acceptors (Lipinski definition) is 3. The van der Waals surface area contributed by atoms with E-state index in [1.54, 1.807) is 0 Å². The monoisotopic (exact) mass is 180 g/mol. The van der Waals surface area contributed by atoms with Crippen molar-refractivity contribution in [3.8, 4) is 0 Å². The summed E-state index contributed by atoms with van der Waals surface area (Å²) in [5.74, 6) is 0. The van der Waals surface area contributed by atoms with Gasteiger partial charge in [-0.15, -0.1) is 0 Å². The Bertz CT molecular complexity index is 274. The van der Waals surface area contributed by atoms with Crippen molar-refractivity contribution < 1.29 is 5.11 Å². The van der Waals surface area contributed by atoms with Crippen molar-refractivity contribution in [2.45, 2.75) is 13.3 Å². The van der Waals surface area contributed by atoms with Crippen LogP contribution < -0.4 is 11.1 Å². The van der Waals surface area contributed by atoms with Crippen LogP contribution in [-0.2, 0) is 0 Å². The molecule has 3 heteroatoms. The van der Waals surface area contributed by atoms with E-state index in [1.165, 1.54) is 0 Å². The van der Waals surface area contributed by atoms with Crippen molar-refractivity contribution in [2.75, 3.05) is 24.2 Å². The van der Waals surface area contributed by atoms with Crippen LogP contribution in [-0.4, -0.2) is 18.3 Å². The van der Waals surface area contributed by atoms with E-state index in [9.17, 15) is 0 Å². The normalized spacial score (nSPS) is 10.0. The Morgan fingerprint density at radius 2 is 2.23 bits per heavy atom. The summed E-state index contributed by atoms with van der Waals surface area (Å²) in [5, 5.41) is 11.8.